The zero-order chi connectivity index (χ0) is 9.68. The van der Waals surface area contributed by atoms with Crippen LogP contribution in [-0.2, 0) is 6.54 Å². The van der Waals surface area contributed by atoms with Gasteiger partial charge >= 0.3 is 0 Å². The van der Waals surface area contributed by atoms with Gasteiger partial charge in [-0.05, 0) is 18.6 Å². The Bertz CT molecular complexity index is 294. The van der Waals surface area contributed by atoms with Gasteiger partial charge in [-0.3, -0.25) is 0 Å². The van der Waals surface area contributed by atoms with Gasteiger partial charge in [-0.1, -0.05) is 18.2 Å². The van der Waals surface area contributed by atoms with Crippen molar-refractivity contribution < 1.29 is 5.11 Å². The minimum Gasteiger partial charge on any atom is -0.508 e. The van der Waals surface area contributed by atoms with E-state index >= 15 is 0 Å². The Kier molecular flexibility index (Phi) is 3.53. The maximum atomic E-state index is 9.52. The number of rotatable bonds is 4. The largest absolute Gasteiger partial charge is 0.508 e. The molecule has 0 amide bonds. The monoisotopic (exact) mass is 177 g/mol. The van der Waals surface area contributed by atoms with E-state index in [1.54, 1.807) is 12.1 Å². The molecule has 0 unspecified atom stereocenters. The molecule has 2 heteroatoms. The fraction of sp³-hybridized carbons (Fsp3) is 0.273. The lowest BCUT2D eigenvalue weighted by Gasteiger charge is -2.05. The van der Waals surface area contributed by atoms with Crippen molar-refractivity contribution >= 4 is 0 Å². The molecule has 0 heterocycles. The molecule has 1 aromatic rings. The van der Waals surface area contributed by atoms with Crippen LogP contribution >= 0.6 is 0 Å². The van der Waals surface area contributed by atoms with Crippen molar-refractivity contribution in [3.8, 4) is 5.75 Å². The van der Waals surface area contributed by atoms with Crippen molar-refractivity contribution in [1.29, 1.82) is 0 Å². The summed E-state index contributed by atoms with van der Waals surface area (Å²) in [7, 11) is 0. The summed E-state index contributed by atoms with van der Waals surface area (Å²) in [6, 6.07) is 5.69. The highest BCUT2D eigenvalue weighted by molar-refractivity contribution is 5.35. The molecule has 0 aliphatic heterocycles. The van der Waals surface area contributed by atoms with Gasteiger partial charge in [0.2, 0.25) is 0 Å². The van der Waals surface area contributed by atoms with Crippen LogP contribution in [0.2, 0.25) is 0 Å². The molecule has 0 fully saturated rings. The lowest BCUT2D eigenvalue weighted by atomic mass is 10.1. The van der Waals surface area contributed by atoms with Gasteiger partial charge in [0.15, 0.2) is 0 Å². The van der Waals surface area contributed by atoms with Crippen LogP contribution in [0.15, 0.2) is 30.9 Å². The second-order valence-electron chi connectivity index (χ2n) is 3.05. The number of phenolic OH excluding ortho intramolecular Hbond substituents is 1. The molecule has 0 saturated carbocycles. The third-order valence-corrected chi connectivity index (χ3v) is 1.84. The molecule has 0 spiro atoms. The fourth-order valence-corrected chi connectivity index (χ4v) is 1.13. The molecule has 70 valence electrons. The van der Waals surface area contributed by atoms with E-state index in [0.717, 1.165) is 17.7 Å². The summed E-state index contributed by atoms with van der Waals surface area (Å²) in [5.74, 6) is 0.358. The lowest BCUT2D eigenvalue weighted by Crippen LogP contribution is -2.12. The number of aromatic hydroxyl groups is 1. The minimum atomic E-state index is 0.358. The van der Waals surface area contributed by atoms with Gasteiger partial charge in [-0.15, -0.1) is 6.58 Å². The third kappa shape index (κ3) is 2.92. The Balaban J connectivity index is 2.61. The molecule has 2 N–H and O–H groups in total. The Hall–Kier alpha value is -1.28. The van der Waals surface area contributed by atoms with E-state index in [1.807, 2.05) is 19.1 Å². The van der Waals surface area contributed by atoms with E-state index in [1.165, 1.54) is 0 Å². The molecule has 2 nitrogen and oxygen atoms in total. The van der Waals surface area contributed by atoms with Gasteiger partial charge in [0.25, 0.3) is 0 Å². The van der Waals surface area contributed by atoms with Gasteiger partial charge < -0.3 is 10.4 Å². The fourth-order valence-electron chi connectivity index (χ4n) is 1.13. The predicted octanol–water partition coefficient (Wildman–Crippen LogP) is 1.98. The topological polar surface area (TPSA) is 32.3 Å². The average molecular weight is 177 g/mol. The number of aryl methyl sites for hydroxylation is 1. The standard InChI is InChI=1S/C11H15NO/c1-3-6-12-8-10-5-4-9(2)7-11(10)13/h3-5,7,12-13H,1,6,8H2,2H3. The summed E-state index contributed by atoms with van der Waals surface area (Å²) >= 11 is 0. The first-order chi connectivity index (χ1) is 6.24. The van der Waals surface area contributed by atoms with Gasteiger partial charge in [-0.2, -0.15) is 0 Å². The van der Waals surface area contributed by atoms with Crippen molar-refractivity contribution in [2.45, 2.75) is 13.5 Å². The second-order valence-corrected chi connectivity index (χ2v) is 3.05. The molecule has 1 aromatic carbocycles. The summed E-state index contributed by atoms with van der Waals surface area (Å²) in [6.45, 7) is 7.00. The van der Waals surface area contributed by atoms with E-state index in [4.69, 9.17) is 0 Å². The quantitative estimate of drug-likeness (QED) is 0.544. The SMILES string of the molecule is C=CCNCc1ccc(C)cc1O. The van der Waals surface area contributed by atoms with Crippen LogP contribution in [0, 0.1) is 6.92 Å². The molecule has 0 saturated heterocycles. The first-order valence-corrected chi connectivity index (χ1v) is 4.34. The Morgan fingerprint density at radius 1 is 1.54 bits per heavy atom. The normalized spacial score (nSPS) is 9.92. The highest BCUT2D eigenvalue weighted by Crippen LogP contribution is 2.17. The molecule has 0 atom stereocenters. The first kappa shape index (κ1) is 9.81. The maximum absolute atomic E-state index is 9.52. The number of benzene rings is 1. The predicted molar refractivity (Wildman–Crippen MR) is 54.7 cm³/mol. The Morgan fingerprint density at radius 3 is 2.92 bits per heavy atom. The highest BCUT2D eigenvalue weighted by atomic mass is 16.3. The van der Waals surface area contributed by atoms with Crippen LogP contribution in [0.5, 0.6) is 5.75 Å². The highest BCUT2D eigenvalue weighted by Gasteiger charge is 1.98. The van der Waals surface area contributed by atoms with Crippen LogP contribution in [-0.4, -0.2) is 11.7 Å². The lowest BCUT2D eigenvalue weighted by molar-refractivity contribution is 0.465. The molecule has 0 radical (unpaired) electrons. The van der Waals surface area contributed by atoms with Crippen molar-refractivity contribution in [3.63, 3.8) is 0 Å². The summed E-state index contributed by atoms with van der Waals surface area (Å²) in [6.07, 6.45) is 1.80. The van der Waals surface area contributed by atoms with E-state index in [-0.39, 0.29) is 0 Å². The van der Waals surface area contributed by atoms with Crippen LogP contribution in [0.4, 0.5) is 0 Å². The Morgan fingerprint density at radius 2 is 2.31 bits per heavy atom. The van der Waals surface area contributed by atoms with E-state index in [2.05, 4.69) is 11.9 Å². The smallest absolute Gasteiger partial charge is 0.120 e. The van der Waals surface area contributed by atoms with E-state index in [0.29, 0.717) is 12.3 Å². The molecule has 0 bridgehead atoms. The summed E-state index contributed by atoms with van der Waals surface area (Å²) in [5, 5.41) is 12.7. The first-order valence-electron chi connectivity index (χ1n) is 4.34. The van der Waals surface area contributed by atoms with Crippen LogP contribution in [0.1, 0.15) is 11.1 Å². The van der Waals surface area contributed by atoms with Gasteiger partial charge in [-0.25, -0.2) is 0 Å². The molecule has 0 aliphatic carbocycles. The molecule has 0 aliphatic rings. The number of phenols is 1. The number of hydrogen-bond acceptors (Lipinski definition) is 2. The van der Waals surface area contributed by atoms with Gasteiger partial charge in [0.1, 0.15) is 5.75 Å². The van der Waals surface area contributed by atoms with Crippen molar-refractivity contribution in [3.05, 3.63) is 42.0 Å². The minimum absolute atomic E-state index is 0.358. The zero-order valence-electron chi connectivity index (χ0n) is 7.88. The van der Waals surface area contributed by atoms with Crippen molar-refractivity contribution in [2.24, 2.45) is 0 Å². The average Bonchev–Trinajstić information content (AvgIpc) is 2.09. The number of hydrogen-bond donors (Lipinski definition) is 2. The van der Waals surface area contributed by atoms with Crippen molar-refractivity contribution in [2.75, 3.05) is 6.54 Å². The van der Waals surface area contributed by atoms with E-state index in [9.17, 15) is 5.11 Å². The summed E-state index contributed by atoms with van der Waals surface area (Å²) in [5.41, 5.74) is 2.00. The molecular formula is C11H15NO. The molecular weight excluding hydrogens is 162 g/mol. The zero-order valence-corrected chi connectivity index (χ0v) is 7.88. The molecule has 1 rings (SSSR count). The van der Waals surface area contributed by atoms with Crippen LogP contribution in [0.3, 0.4) is 0 Å². The summed E-state index contributed by atoms with van der Waals surface area (Å²) in [4.78, 5) is 0. The number of nitrogens with one attached hydrogen (secondary N) is 1. The van der Waals surface area contributed by atoms with Crippen LogP contribution in [0.25, 0.3) is 0 Å². The van der Waals surface area contributed by atoms with Crippen molar-refractivity contribution in [1.82, 2.24) is 5.32 Å². The third-order valence-electron chi connectivity index (χ3n) is 1.84. The summed E-state index contributed by atoms with van der Waals surface area (Å²) < 4.78 is 0. The second kappa shape index (κ2) is 4.67. The maximum Gasteiger partial charge on any atom is 0.120 e. The molecule has 13 heavy (non-hydrogen) atoms. The van der Waals surface area contributed by atoms with E-state index < -0.39 is 0 Å². The van der Waals surface area contributed by atoms with Gasteiger partial charge in [0.05, 0.1) is 0 Å². The van der Waals surface area contributed by atoms with Gasteiger partial charge in [0, 0.05) is 18.7 Å². The molecule has 0 aromatic heterocycles. The van der Waals surface area contributed by atoms with Crippen LogP contribution < -0.4 is 5.32 Å². The Labute approximate surface area is 78.9 Å².